The molecule has 0 aliphatic carbocycles. The molecule has 1 heteroatoms. The Morgan fingerprint density at radius 1 is 0.933 bits per heavy atom. The fourth-order valence-electron chi connectivity index (χ4n) is 1.75. The van der Waals surface area contributed by atoms with Crippen molar-refractivity contribution in [2.75, 3.05) is 0 Å². The van der Waals surface area contributed by atoms with Crippen LogP contribution in [-0.2, 0) is 12.8 Å². The molecule has 0 radical (unpaired) electrons. The third-order valence-corrected chi connectivity index (χ3v) is 4.14. The van der Waals surface area contributed by atoms with E-state index >= 15 is 0 Å². The van der Waals surface area contributed by atoms with Gasteiger partial charge in [-0.25, -0.2) is 0 Å². The van der Waals surface area contributed by atoms with E-state index in [2.05, 4.69) is 54.6 Å². The molecule has 0 aliphatic rings. The Kier molecular flexibility index (Phi) is 6.30. The number of rotatable bonds is 6. The zero-order valence-electron chi connectivity index (χ0n) is 9.85. The summed E-state index contributed by atoms with van der Waals surface area (Å²) < 4.78 is 1.51. The van der Waals surface area contributed by atoms with Crippen LogP contribution in [0.1, 0.15) is 50.7 Å². The van der Waals surface area contributed by atoms with Crippen LogP contribution in [0.3, 0.4) is 0 Å². The second kappa shape index (κ2) is 7.26. The van der Waals surface area contributed by atoms with E-state index < -0.39 is 0 Å². The Morgan fingerprint density at radius 3 is 1.80 bits per heavy atom. The van der Waals surface area contributed by atoms with Gasteiger partial charge in [-0.05, 0) is 59.4 Å². The van der Waals surface area contributed by atoms with Gasteiger partial charge in [-0.3, -0.25) is 0 Å². The maximum atomic E-state index is 2.52. The molecule has 1 rings (SSSR count). The molecule has 15 heavy (non-hydrogen) atoms. The lowest BCUT2D eigenvalue weighted by atomic mass is 10.0. The van der Waals surface area contributed by atoms with E-state index in [1.165, 1.54) is 42.1 Å². The first-order valence-corrected chi connectivity index (χ1v) is 7.13. The fraction of sp³-hybridized carbons (Fsp3) is 0.571. The molecular formula is C14H21I. The summed E-state index contributed by atoms with van der Waals surface area (Å²) in [6.45, 7) is 4.52. The van der Waals surface area contributed by atoms with Gasteiger partial charge in [-0.15, -0.1) is 0 Å². The van der Waals surface area contributed by atoms with Gasteiger partial charge in [0.2, 0.25) is 0 Å². The zero-order valence-corrected chi connectivity index (χ0v) is 12.0. The molecule has 0 heterocycles. The average Bonchev–Trinajstić information content (AvgIpc) is 2.26. The van der Waals surface area contributed by atoms with Crippen LogP contribution in [0.4, 0.5) is 0 Å². The molecule has 0 bridgehead atoms. The third kappa shape index (κ3) is 4.13. The normalized spacial score (nSPS) is 10.6. The first-order chi connectivity index (χ1) is 7.29. The Hall–Kier alpha value is -0.0500. The lowest BCUT2D eigenvalue weighted by Crippen LogP contribution is -1.96. The SMILES string of the molecule is CCCCc1cccc(CCCC)c1I. The van der Waals surface area contributed by atoms with Gasteiger partial charge in [0.25, 0.3) is 0 Å². The van der Waals surface area contributed by atoms with Crippen LogP contribution in [0.25, 0.3) is 0 Å². The summed E-state index contributed by atoms with van der Waals surface area (Å²) in [5.41, 5.74) is 3.09. The molecule has 0 amide bonds. The summed E-state index contributed by atoms with van der Waals surface area (Å²) in [4.78, 5) is 0. The van der Waals surface area contributed by atoms with Gasteiger partial charge >= 0.3 is 0 Å². The summed E-state index contributed by atoms with van der Waals surface area (Å²) >= 11 is 2.52. The largest absolute Gasteiger partial charge is 0.0654 e. The van der Waals surface area contributed by atoms with E-state index in [0.29, 0.717) is 0 Å². The quantitative estimate of drug-likeness (QED) is 0.650. The van der Waals surface area contributed by atoms with Crippen molar-refractivity contribution >= 4 is 22.6 Å². The molecule has 84 valence electrons. The first-order valence-electron chi connectivity index (χ1n) is 6.05. The van der Waals surface area contributed by atoms with Crippen molar-refractivity contribution in [1.82, 2.24) is 0 Å². The van der Waals surface area contributed by atoms with Crippen LogP contribution in [0.2, 0.25) is 0 Å². The van der Waals surface area contributed by atoms with Crippen LogP contribution in [-0.4, -0.2) is 0 Å². The standard InChI is InChI=1S/C14H21I/c1-3-5-8-12-10-7-11-13(14(12)15)9-6-4-2/h7,10-11H,3-6,8-9H2,1-2H3. The second-order valence-corrected chi connectivity index (χ2v) is 5.18. The summed E-state index contributed by atoms with van der Waals surface area (Å²) in [6.07, 6.45) is 7.69. The highest BCUT2D eigenvalue weighted by Crippen LogP contribution is 2.21. The van der Waals surface area contributed by atoms with Gasteiger partial charge in [-0.1, -0.05) is 44.9 Å². The topological polar surface area (TPSA) is 0 Å². The van der Waals surface area contributed by atoms with Gasteiger partial charge in [0, 0.05) is 3.57 Å². The Balaban J connectivity index is 2.71. The smallest absolute Gasteiger partial charge is 0.0194 e. The number of hydrogen-bond acceptors (Lipinski definition) is 0. The lowest BCUT2D eigenvalue weighted by Gasteiger charge is -2.09. The maximum Gasteiger partial charge on any atom is 0.0194 e. The van der Waals surface area contributed by atoms with Gasteiger partial charge < -0.3 is 0 Å². The average molecular weight is 316 g/mol. The summed E-state index contributed by atoms with van der Waals surface area (Å²) in [5.74, 6) is 0. The zero-order chi connectivity index (χ0) is 11.1. The van der Waals surface area contributed by atoms with Crippen LogP contribution in [0.15, 0.2) is 18.2 Å². The number of aryl methyl sites for hydroxylation is 2. The van der Waals surface area contributed by atoms with E-state index in [1.807, 2.05) is 0 Å². The van der Waals surface area contributed by atoms with E-state index in [4.69, 9.17) is 0 Å². The van der Waals surface area contributed by atoms with Gasteiger partial charge in [0.15, 0.2) is 0 Å². The Labute approximate surface area is 108 Å². The molecule has 1 aromatic carbocycles. The molecule has 0 fully saturated rings. The van der Waals surface area contributed by atoms with Crippen LogP contribution < -0.4 is 0 Å². The highest BCUT2D eigenvalue weighted by molar-refractivity contribution is 14.1. The van der Waals surface area contributed by atoms with Crippen molar-refractivity contribution in [3.63, 3.8) is 0 Å². The molecule has 0 aromatic heterocycles. The summed E-state index contributed by atoms with van der Waals surface area (Å²) in [7, 11) is 0. The fourth-order valence-corrected chi connectivity index (χ4v) is 2.65. The molecule has 0 atom stereocenters. The first kappa shape index (κ1) is 13.0. The van der Waals surface area contributed by atoms with E-state index in [9.17, 15) is 0 Å². The minimum absolute atomic E-state index is 1.24. The predicted octanol–water partition coefficient (Wildman–Crippen LogP) is 4.98. The number of hydrogen-bond donors (Lipinski definition) is 0. The number of halogens is 1. The van der Waals surface area contributed by atoms with Crippen molar-refractivity contribution in [2.24, 2.45) is 0 Å². The minimum atomic E-state index is 1.24. The van der Waals surface area contributed by atoms with E-state index in [1.54, 1.807) is 11.1 Å². The number of unbranched alkanes of at least 4 members (excludes halogenated alkanes) is 2. The minimum Gasteiger partial charge on any atom is -0.0654 e. The second-order valence-electron chi connectivity index (χ2n) is 4.10. The van der Waals surface area contributed by atoms with Crippen molar-refractivity contribution < 1.29 is 0 Å². The van der Waals surface area contributed by atoms with Gasteiger partial charge in [0.1, 0.15) is 0 Å². The lowest BCUT2D eigenvalue weighted by molar-refractivity contribution is 0.775. The monoisotopic (exact) mass is 316 g/mol. The van der Waals surface area contributed by atoms with E-state index in [0.717, 1.165) is 0 Å². The number of benzene rings is 1. The molecule has 0 spiro atoms. The van der Waals surface area contributed by atoms with Crippen LogP contribution >= 0.6 is 22.6 Å². The highest BCUT2D eigenvalue weighted by atomic mass is 127. The van der Waals surface area contributed by atoms with Crippen molar-refractivity contribution in [3.05, 3.63) is 32.9 Å². The molecule has 0 nitrogen and oxygen atoms in total. The third-order valence-electron chi connectivity index (χ3n) is 2.76. The molecule has 0 aliphatic heterocycles. The maximum absolute atomic E-state index is 2.52. The molecule has 0 N–H and O–H groups in total. The highest BCUT2D eigenvalue weighted by Gasteiger charge is 2.04. The summed E-state index contributed by atoms with van der Waals surface area (Å²) in [5, 5.41) is 0. The van der Waals surface area contributed by atoms with Crippen LogP contribution in [0, 0.1) is 3.57 Å². The van der Waals surface area contributed by atoms with Gasteiger partial charge in [-0.2, -0.15) is 0 Å². The molecule has 0 unspecified atom stereocenters. The Morgan fingerprint density at radius 2 is 1.40 bits per heavy atom. The summed E-state index contributed by atoms with van der Waals surface area (Å²) in [6, 6.07) is 6.79. The van der Waals surface area contributed by atoms with Gasteiger partial charge in [0.05, 0.1) is 0 Å². The predicted molar refractivity (Wildman–Crippen MR) is 76.4 cm³/mol. The van der Waals surface area contributed by atoms with Crippen molar-refractivity contribution in [1.29, 1.82) is 0 Å². The Bertz CT molecular complexity index is 265. The van der Waals surface area contributed by atoms with E-state index in [-0.39, 0.29) is 0 Å². The molecular weight excluding hydrogens is 295 g/mol. The van der Waals surface area contributed by atoms with Crippen molar-refractivity contribution in [3.8, 4) is 0 Å². The van der Waals surface area contributed by atoms with Crippen LogP contribution in [0.5, 0.6) is 0 Å². The molecule has 1 aromatic rings. The molecule has 0 saturated carbocycles. The van der Waals surface area contributed by atoms with Crippen molar-refractivity contribution in [2.45, 2.75) is 52.4 Å². The molecule has 0 saturated heterocycles.